The van der Waals surface area contributed by atoms with E-state index in [2.05, 4.69) is 0 Å². The molecule has 0 aliphatic heterocycles. The largest absolute Gasteiger partial charge is 0.457 e. The molecule has 0 spiro atoms. The first-order valence-corrected chi connectivity index (χ1v) is 7.43. The van der Waals surface area contributed by atoms with Crippen molar-refractivity contribution in [1.29, 1.82) is 0 Å². The maximum absolute atomic E-state index is 11.9. The zero-order chi connectivity index (χ0) is 16.2. The molecular weight excluding hydrogens is 276 g/mol. The summed E-state index contributed by atoms with van der Waals surface area (Å²) in [7, 11) is 0. The van der Waals surface area contributed by atoms with Crippen LogP contribution in [0.25, 0.3) is 16.8 Å². The van der Waals surface area contributed by atoms with Crippen LogP contribution in [0.15, 0.2) is 42.5 Å². The minimum Gasteiger partial charge on any atom is -0.457 e. The number of hydrogen-bond donors (Lipinski definition) is 1. The molecule has 0 atom stereocenters. The van der Waals surface area contributed by atoms with E-state index >= 15 is 0 Å². The highest BCUT2D eigenvalue weighted by atomic mass is 16.6. The molecule has 0 saturated carbocycles. The summed E-state index contributed by atoms with van der Waals surface area (Å²) >= 11 is 0. The summed E-state index contributed by atoms with van der Waals surface area (Å²) in [4.78, 5) is 11.9. The van der Waals surface area contributed by atoms with Crippen LogP contribution in [0.4, 0.5) is 0 Å². The molecule has 2 aromatic rings. The predicted molar refractivity (Wildman–Crippen MR) is 89.6 cm³/mol. The molecule has 0 radical (unpaired) electrons. The van der Waals surface area contributed by atoms with Crippen molar-refractivity contribution < 1.29 is 14.6 Å². The molecule has 0 unspecified atom stereocenters. The van der Waals surface area contributed by atoms with Crippen LogP contribution in [0.1, 0.15) is 31.9 Å². The van der Waals surface area contributed by atoms with E-state index in [0.717, 1.165) is 21.9 Å². The third-order valence-electron chi connectivity index (χ3n) is 3.23. The summed E-state index contributed by atoms with van der Waals surface area (Å²) in [5.41, 5.74) is 1.47. The van der Waals surface area contributed by atoms with Crippen LogP contribution in [0.5, 0.6) is 0 Å². The second-order valence-electron chi connectivity index (χ2n) is 6.20. The van der Waals surface area contributed by atoms with E-state index in [9.17, 15) is 9.90 Å². The van der Waals surface area contributed by atoms with Gasteiger partial charge in [-0.1, -0.05) is 36.4 Å². The predicted octanol–water partition coefficient (Wildman–Crippen LogP) is 3.73. The maximum atomic E-state index is 11.9. The SMILES string of the molecule is CC(C)(C)OC(=O)/C=C/c1c(CCO)ccc2ccccc12. The number of ether oxygens (including phenoxy) is 1. The van der Waals surface area contributed by atoms with Gasteiger partial charge in [0.05, 0.1) is 0 Å². The van der Waals surface area contributed by atoms with Crippen LogP contribution in [-0.2, 0) is 16.0 Å². The van der Waals surface area contributed by atoms with E-state index in [1.807, 2.05) is 57.2 Å². The van der Waals surface area contributed by atoms with E-state index in [1.54, 1.807) is 6.08 Å². The third kappa shape index (κ3) is 4.18. The molecule has 0 heterocycles. The highest BCUT2D eigenvalue weighted by Crippen LogP contribution is 2.24. The second kappa shape index (κ2) is 6.75. The molecule has 2 rings (SSSR count). The van der Waals surface area contributed by atoms with Crippen molar-refractivity contribution in [1.82, 2.24) is 0 Å². The van der Waals surface area contributed by atoms with Gasteiger partial charge in [-0.15, -0.1) is 0 Å². The van der Waals surface area contributed by atoms with Crippen LogP contribution in [0.2, 0.25) is 0 Å². The van der Waals surface area contributed by atoms with Crippen molar-refractivity contribution in [2.75, 3.05) is 6.61 Å². The van der Waals surface area contributed by atoms with E-state index in [4.69, 9.17) is 4.74 Å². The molecule has 3 nitrogen and oxygen atoms in total. The van der Waals surface area contributed by atoms with Gasteiger partial charge in [0, 0.05) is 12.7 Å². The van der Waals surface area contributed by atoms with E-state index in [-0.39, 0.29) is 12.6 Å². The summed E-state index contributed by atoms with van der Waals surface area (Å²) in [6.07, 6.45) is 3.79. The fourth-order valence-electron chi connectivity index (χ4n) is 2.36. The minimum atomic E-state index is -0.506. The number of fused-ring (bicyclic) bond motifs is 1. The van der Waals surface area contributed by atoms with Crippen molar-refractivity contribution in [2.24, 2.45) is 0 Å². The molecule has 0 fully saturated rings. The first kappa shape index (κ1) is 16.2. The smallest absolute Gasteiger partial charge is 0.331 e. The van der Waals surface area contributed by atoms with Crippen molar-refractivity contribution in [3.63, 3.8) is 0 Å². The van der Waals surface area contributed by atoms with E-state index in [1.165, 1.54) is 6.08 Å². The average molecular weight is 298 g/mol. The standard InChI is InChI=1S/C19H22O3/c1-19(2,3)22-18(21)11-10-17-15(12-13-20)9-8-14-6-4-5-7-16(14)17/h4-11,20H,12-13H2,1-3H3/b11-10+. The molecule has 3 heteroatoms. The number of hydrogen-bond acceptors (Lipinski definition) is 3. The Kier molecular flexibility index (Phi) is 4.99. The molecule has 0 bridgehead atoms. The molecule has 0 aromatic heterocycles. The highest BCUT2D eigenvalue weighted by Gasteiger charge is 2.14. The van der Waals surface area contributed by atoms with Crippen LogP contribution < -0.4 is 0 Å². The Bertz CT molecular complexity index is 693. The van der Waals surface area contributed by atoms with Gasteiger partial charge < -0.3 is 9.84 Å². The molecule has 1 N–H and O–H groups in total. The number of carbonyl (C=O) groups excluding carboxylic acids is 1. The summed E-state index contributed by atoms with van der Waals surface area (Å²) < 4.78 is 5.30. The number of rotatable bonds is 4. The fraction of sp³-hybridized carbons (Fsp3) is 0.316. The number of carbonyl (C=O) groups is 1. The lowest BCUT2D eigenvalue weighted by Gasteiger charge is -2.18. The Morgan fingerprint density at radius 2 is 1.91 bits per heavy atom. The molecular formula is C19H22O3. The molecule has 116 valence electrons. The topological polar surface area (TPSA) is 46.5 Å². The van der Waals surface area contributed by atoms with Gasteiger partial charge in [0.2, 0.25) is 0 Å². The lowest BCUT2D eigenvalue weighted by molar-refractivity contribution is -0.148. The van der Waals surface area contributed by atoms with E-state index in [0.29, 0.717) is 6.42 Å². The Hall–Kier alpha value is -2.13. The zero-order valence-corrected chi connectivity index (χ0v) is 13.3. The molecule has 2 aromatic carbocycles. The number of aliphatic hydroxyl groups is 1. The Morgan fingerprint density at radius 1 is 1.18 bits per heavy atom. The Morgan fingerprint density at radius 3 is 2.59 bits per heavy atom. The third-order valence-corrected chi connectivity index (χ3v) is 3.23. The van der Waals surface area contributed by atoms with Crippen molar-refractivity contribution in [3.05, 3.63) is 53.6 Å². The summed E-state index contributed by atoms with van der Waals surface area (Å²) in [6, 6.07) is 12.0. The molecule has 22 heavy (non-hydrogen) atoms. The van der Waals surface area contributed by atoms with Gasteiger partial charge in [-0.2, -0.15) is 0 Å². The Labute approximate surface area is 131 Å². The summed E-state index contributed by atoms with van der Waals surface area (Å²) in [6.45, 7) is 5.60. The van der Waals surface area contributed by atoms with Crippen LogP contribution in [0.3, 0.4) is 0 Å². The van der Waals surface area contributed by atoms with Gasteiger partial charge in [0.15, 0.2) is 0 Å². The number of aliphatic hydroxyl groups excluding tert-OH is 1. The minimum absolute atomic E-state index is 0.0750. The monoisotopic (exact) mass is 298 g/mol. The highest BCUT2D eigenvalue weighted by molar-refractivity contribution is 5.96. The average Bonchev–Trinajstić information content (AvgIpc) is 2.44. The lowest BCUT2D eigenvalue weighted by atomic mass is 9.97. The zero-order valence-electron chi connectivity index (χ0n) is 13.3. The maximum Gasteiger partial charge on any atom is 0.331 e. The second-order valence-corrected chi connectivity index (χ2v) is 6.20. The Balaban J connectivity index is 2.39. The van der Waals surface area contributed by atoms with Crippen molar-refractivity contribution in [3.8, 4) is 0 Å². The van der Waals surface area contributed by atoms with Gasteiger partial charge in [-0.25, -0.2) is 4.79 Å². The lowest BCUT2D eigenvalue weighted by Crippen LogP contribution is -2.22. The molecule has 0 saturated heterocycles. The van der Waals surface area contributed by atoms with Crippen molar-refractivity contribution in [2.45, 2.75) is 32.8 Å². The normalized spacial score (nSPS) is 12.0. The molecule has 0 amide bonds. The fourth-order valence-corrected chi connectivity index (χ4v) is 2.36. The van der Waals surface area contributed by atoms with E-state index < -0.39 is 5.60 Å². The van der Waals surface area contributed by atoms with Gasteiger partial charge in [-0.3, -0.25) is 0 Å². The first-order chi connectivity index (χ1) is 10.4. The van der Waals surface area contributed by atoms with Gasteiger partial charge in [0.25, 0.3) is 0 Å². The van der Waals surface area contributed by atoms with Gasteiger partial charge in [0.1, 0.15) is 5.60 Å². The summed E-state index contributed by atoms with van der Waals surface area (Å²) in [5.74, 6) is -0.365. The van der Waals surface area contributed by atoms with Crippen LogP contribution >= 0.6 is 0 Å². The quantitative estimate of drug-likeness (QED) is 0.691. The first-order valence-electron chi connectivity index (χ1n) is 7.43. The summed E-state index contributed by atoms with van der Waals surface area (Å²) in [5, 5.41) is 11.4. The van der Waals surface area contributed by atoms with Gasteiger partial charge >= 0.3 is 5.97 Å². The molecule has 0 aliphatic carbocycles. The van der Waals surface area contributed by atoms with Crippen molar-refractivity contribution >= 4 is 22.8 Å². The number of benzene rings is 2. The number of esters is 1. The molecule has 0 aliphatic rings. The van der Waals surface area contributed by atoms with Crippen LogP contribution in [-0.4, -0.2) is 23.3 Å². The van der Waals surface area contributed by atoms with Gasteiger partial charge in [-0.05, 0) is 55.2 Å². The van der Waals surface area contributed by atoms with Crippen LogP contribution in [0, 0.1) is 0 Å².